The molecule has 2 rings (SSSR count). The molecule has 2 N–H and O–H groups in total. The molecule has 0 aromatic heterocycles. The maximum absolute atomic E-state index is 12.5. The highest BCUT2D eigenvalue weighted by molar-refractivity contribution is 14.0. The van der Waals surface area contributed by atoms with Crippen LogP contribution in [0.15, 0.2) is 23.2 Å². The van der Waals surface area contributed by atoms with Crippen LogP contribution in [0.3, 0.4) is 0 Å². The maximum Gasteiger partial charge on any atom is 0.387 e. The van der Waals surface area contributed by atoms with Crippen LogP contribution in [0.1, 0.15) is 31.7 Å². The predicted molar refractivity (Wildman–Crippen MR) is 121 cm³/mol. The number of hydrogen-bond acceptors (Lipinski definition) is 4. The summed E-state index contributed by atoms with van der Waals surface area (Å²) in [7, 11) is 1.42. The number of ether oxygens (including phenoxy) is 3. The van der Waals surface area contributed by atoms with Gasteiger partial charge in [-0.05, 0) is 56.2 Å². The van der Waals surface area contributed by atoms with Gasteiger partial charge < -0.3 is 24.8 Å². The monoisotopic (exact) mass is 527 g/mol. The van der Waals surface area contributed by atoms with E-state index in [1.54, 1.807) is 12.1 Å². The first kappa shape index (κ1) is 25.7. The lowest BCUT2D eigenvalue weighted by atomic mass is 10.1. The Morgan fingerprint density at radius 3 is 2.69 bits per heavy atom. The van der Waals surface area contributed by atoms with Crippen molar-refractivity contribution >= 4 is 29.9 Å². The summed E-state index contributed by atoms with van der Waals surface area (Å²) in [6.45, 7) is 2.80. The number of halogens is 3. The smallest absolute Gasteiger partial charge is 0.387 e. The van der Waals surface area contributed by atoms with Crippen molar-refractivity contribution in [3.8, 4) is 11.5 Å². The molecule has 0 saturated heterocycles. The van der Waals surface area contributed by atoms with Gasteiger partial charge in [0, 0.05) is 32.8 Å². The van der Waals surface area contributed by atoms with E-state index in [2.05, 4.69) is 20.4 Å². The third kappa shape index (κ3) is 10.8. The maximum atomic E-state index is 12.5. The summed E-state index contributed by atoms with van der Waals surface area (Å²) in [5, 5.41) is 6.45. The number of methoxy groups -OCH3 is 1. The number of aliphatic imine (C=N–C) groups is 1. The van der Waals surface area contributed by atoms with E-state index in [-0.39, 0.29) is 35.5 Å². The van der Waals surface area contributed by atoms with Crippen LogP contribution in [0, 0.1) is 5.92 Å². The molecule has 166 valence electrons. The van der Waals surface area contributed by atoms with Gasteiger partial charge in [0.25, 0.3) is 0 Å². The molecule has 0 aliphatic heterocycles. The van der Waals surface area contributed by atoms with Crippen molar-refractivity contribution in [2.75, 3.05) is 40.0 Å². The highest BCUT2D eigenvalue weighted by atomic mass is 127. The van der Waals surface area contributed by atoms with Gasteiger partial charge >= 0.3 is 6.61 Å². The molecular weight excluding hydrogens is 495 g/mol. The van der Waals surface area contributed by atoms with Crippen LogP contribution >= 0.6 is 24.0 Å². The van der Waals surface area contributed by atoms with Gasteiger partial charge in [0.05, 0.1) is 7.11 Å². The molecule has 29 heavy (non-hydrogen) atoms. The summed E-state index contributed by atoms with van der Waals surface area (Å²) in [5.74, 6) is 1.85. The first-order valence-electron chi connectivity index (χ1n) is 9.84. The average molecular weight is 527 g/mol. The van der Waals surface area contributed by atoms with E-state index in [1.165, 1.54) is 20.0 Å². The summed E-state index contributed by atoms with van der Waals surface area (Å²) in [5.41, 5.74) is 0.869. The van der Waals surface area contributed by atoms with Crippen LogP contribution in [0.4, 0.5) is 8.78 Å². The van der Waals surface area contributed by atoms with E-state index in [0.717, 1.165) is 43.6 Å². The number of alkyl halides is 2. The molecule has 0 spiro atoms. The summed E-state index contributed by atoms with van der Waals surface area (Å²) in [6.07, 6.45) is 4.13. The van der Waals surface area contributed by atoms with Crippen molar-refractivity contribution in [3.63, 3.8) is 0 Å². The molecule has 6 nitrogen and oxygen atoms in total. The van der Waals surface area contributed by atoms with E-state index < -0.39 is 6.61 Å². The molecule has 0 heterocycles. The van der Waals surface area contributed by atoms with Gasteiger partial charge in [-0.1, -0.05) is 6.07 Å². The van der Waals surface area contributed by atoms with Crippen molar-refractivity contribution in [2.24, 2.45) is 10.9 Å². The molecule has 1 aliphatic carbocycles. The minimum atomic E-state index is -2.89. The summed E-state index contributed by atoms with van der Waals surface area (Å²) in [4.78, 5) is 4.53. The van der Waals surface area contributed by atoms with Gasteiger partial charge in [-0.25, -0.2) is 0 Å². The van der Waals surface area contributed by atoms with E-state index in [4.69, 9.17) is 9.47 Å². The molecule has 0 bridgehead atoms. The number of guanidine groups is 1. The fraction of sp³-hybridized carbons (Fsp3) is 0.650. The minimum Gasteiger partial charge on any atom is -0.493 e. The standard InChI is InChI=1S/C20H31F2N3O3.HI/c1-3-23-20(24-10-4-12-27-14-16-5-6-16)25-11-9-15-7-8-17(26-2)18(13-15)28-19(21)22;/h7-8,13,16,19H,3-6,9-12,14H2,1-2H3,(H2,23,24,25);1H. The Hall–Kier alpha value is -1.36. The summed E-state index contributed by atoms with van der Waals surface area (Å²) < 4.78 is 40.2. The van der Waals surface area contributed by atoms with E-state index >= 15 is 0 Å². The Balaban J connectivity index is 0.00000420. The zero-order valence-electron chi connectivity index (χ0n) is 17.1. The Kier molecular flexibility index (Phi) is 12.9. The van der Waals surface area contributed by atoms with Crippen molar-refractivity contribution < 1.29 is 23.0 Å². The Morgan fingerprint density at radius 1 is 1.24 bits per heavy atom. The molecule has 0 unspecified atom stereocenters. The van der Waals surface area contributed by atoms with Crippen LogP contribution in [0.2, 0.25) is 0 Å². The highest BCUT2D eigenvalue weighted by Crippen LogP contribution is 2.29. The molecule has 1 saturated carbocycles. The van der Waals surface area contributed by atoms with Gasteiger partial charge in [0.1, 0.15) is 0 Å². The molecule has 0 amide bonds. The molecule has 0 radical (unpaired) electrons. The van der Waals surface area contributed by atoms with Crippen LogP contribution in [-0.4, -0.2) is 52.5 Å². The zero-order valence-corrected chi connectivity index (χ0v) is 19.4. The molecule has 9 heteroatoms. The number of rotatable bonds is 13. The average Bonchev–Trinajstić information content (AvgIpc) is 3.48. The molecule has 0 atom stereocenters. The lowest BCUT2D eigenvalue weighted by Crippen LogP contribution is -2.38. The lowest BCUT2D eigenvalue weighted by Gasteiger charge is -2.13. The van der Waals surface area contributed by atoms with E-state index in [1.807, 2.05) is 13.0 Å². The highest BCUT2D eigenvalue weighted by Gasteiger charge is 2.20. The van der Waals surface area contributed by atoms with Crippen molar-refractivity contribution in [1.82, 2.24) is 10.6 Å². The number of hydrogen-bond donors (Lipinski definition) is 2. The zero-order chi connectivity index (χ0) is 20.2. The number of nitrogens with one attached hydrogen (secondary N) is 2. The third-order valence-corrected chi connectivity index (χ3v) is 4.26. The molecule has 1 fully saturated rings. The fourth-order valence-electron chi connectivity index (χ4n) is 2.62. The summed E-state index contributed by atoms with van der Waals surface area (Å²) >= 11 is 0. The first-order valence-corrected chi connectivity index (χ1v) is 9.84. The van der Waals surface area contributed by atoms with Crippen molar-refractivity contribution in [2.45, 2.75) is 39.2 Å². The van der Waals surface area contributed by atoms with Gasteiger partial charge in [-0.15, -0.1) is 24.0 Å². The number of nitrogens with zero attached hydrogens (tertiary/aromatic N) is 1. The molecule has 1 aromatic carbocycles. The van der Waals surface area contributed by atoms with Gasteiger partial charge in [0.15, 0.2) is 17.5 Å². The van der Waals surface area contributed by atoms with Crippen LogP contribution in [-0.2, 0) is 11.2 Å². The minimum absolute atomic E-state index is 0. The lowest BCUT2D eigenvalue weighted by molar-refractivity contribution is -0.0512. The molecule has 1 aliphatic rings. The Bertz CT molecular complexity index is 617. The van der Waals surface area contributed by atoms with Crippen LogP contribution in [0.25, 0.3) is 0 Å². The first-order chi connectivity index (χ1) is 13.6. The Morgan fingerprint density at radius 2 is 2.03 bits per heavy atom. The fourth-order valence-corrected chi connectivity index (χ4v) is 2.62. The SMILES string of the molecule is CCNC(=NCCCOCC1CC1)NCCc1ccc(OC)c(OC(F)F)c1.I. The second-order valence-corrected chi connectivity index (χ2v) is 6.67. The van der Waals surface area contributed by atoms with Crippen LogP contribution < -0.4 is 20.1 Å². The van der Waals surface area contributed by atoms with Crippen molar-refractivity contribution in [1.29, 1.82) is 0 Å². The second kappa shape index (κ2) is 14.6. The molecule has 1 aromatic rings. The van der Waals surface area contributed by atoms with Crippen LogP contribution in [0.5, 0.6) is 11.5 Å². The normalized spacial score (nSPS) is 13.8. The topological polar surface area (TPSA) is 64.1 Å². The summed E-state index contributed by atoms with van der Waals surface area (Å²) in [6, 6.07) is 5.04. The number of benzene rings is 1. The van der Waals surface area contributed by atoms with Gasteiger partial charge in [-0.2, -0.15) is 8.78 Å². The Labute approximate surface area is 188 Å². The van der Waals surface area contributed by atoms with Gasteiger partial charge in [0.2, 0.25) is 0 Å². The van der Waals surface area contributed by atoms with E-state index in [9.17, 15) is 8.78 Å². The second-order valence-electron chi connectivity index (χ2n) is 6.67. The largest absolute Gasteiger partial charge is 0.493 e. The predicted octanol–water partition coefficient (Wildman–Crippen LogP) is 3.83. The van der Waals surface area contributed by atoms with Crippen molar-refractivity contribution in [3.05, 3.63) is 23.8 Å². The quantitative estimate of drug-likeness (QED) is 0.177. The third-order valence-electron chi connectivity index (χ3n) is 4.26. The van der Waals surface area contributed by atoms with E-state index in [0.29, 0.717) is 19.5 Å². The van der Waals surface area contributed by atoms with Gasteiger partial charge in [-0.3, -0.25) is 4.99 Å². The molecular formula is C20H32F2IN3O3.